The van der Waals surface area contributed by atoms with Gasteiger partial charge < -0.3 is 9.80 Å². The Labute approximate surface area is 153 Å². The van der Waals surface area contributed by atoms with Crippen LogP contribution in [0.5, 0.6) is 0 Å². The van der Waals surface area contributed by atoms with Gasteiger partial charge in [-0.2, -0.15) is 40.2 Å². The molecule has 3 heterocycles. The molecule has 0 N–H and O–H groups in total. The maximum atomic E-state index is 13.5. The molecule has 0 atom stereocenters. The zero-order chi connectivity index (χ0) is 21.1. The molecule has 5 nitrogen and oxygen atoms in total. The fourth-order valence-electron chi connectivity index (χ4n) is 2.75. The summed E-state index contributed by atoms with van der Waals surface area (Å²) in [7, 11) is 1.53. The van der Waals surface area contributed by atoms with Gasteiger partial charge in [0.1, 0.15) is 6.54 Å². The second-order valence-corrected chi connectivity index (χ2v) is 6.32. The van der Waals surface area contributed by atoms with Gasteiger partial charge in [0.25, 0.3) is 0 Å². The standard InChI is InChI=1S/C15H13F8N5/c1-8-4-27-6-10(11(14(18,19)20)25-12(27)26(8)2)9-3-24-28(5-9)7-13(16,17)15(21,22)23/h3-5H,6-7H2,1-2H3. The molecule has 2 aliphatic rings. The van der Waals surface area contributed by atoms with E-state index in [1.165, 1.54) is 16.8 Å². The van der Waals surface area contributed by atoms with Gasteiger partial charge in [-0.05, 0) is 6.92 Å². The largest absolute Gasteiger partial charge is 0.455 e. The summed E-state index contributed by atoms with van der Waals surface area (Å²) in [6, 6.07) is 0. The number of fused-ring (bicyclic) bond motifs is 1. The third kappa shape index (κ3) is 3.44. The smallest absolute Gasteiger partial charge is 0.318 e. The molecule has 0 bridgehead atoms. The minimum atomic E-state index is -5.80. The number of hydrogen-bond donors (Lipinski definition) is 0. The Morgan fingerprint density at radius 3 is 2.29 bits per heavy atom. The van der Waals surface area contributed by atoms with Crippen molar-refractivity contribution in [3.8, 4) is 0 Å². The average molecular weight is 415 g/mol. The third-order valence-corrected chi connectivity index (χ3v) is 4.28. The molecule has 154 valence electrons. The lowest BCUT2D eigenvalue weighted by Crippen LogP contribution is -2.40. The molecule has 2 aliphatic heterocycles. The first kappa shape index (κ1) is 20.1. The van der Waals surface area contributed by atoms with Crippen LogP contribution in [0.25, 0.3) is 5.57 Å². The molecule has 0 spiro atoms. The number of aromatic nitrogens is 2. The Hall–Kier alpha value is -2.60. The quantitative estimate of drug-likeness (QED) is 0.705. The summed E-state index contributed by atoms with van der Waals surface area (Å²) in [6.07, 6.45) is -7.58. The van der Waals surface area contributed by atoms with Gasteiger partial charge in [-0.3, -0.25) is 4.68 Å². The highest BCUT2D eigenvalue weighted by molar-refractivity contribution is 5.91. The van der Waals surface area contributed by atoms with Crippen LogP contribution >= 0.6 is 0 Å². The number of allylic oxidation sites excluding steroid dienone is 2. The number of halogens is 8. The minimum Gasteiger partial charge on any atom is -0.318 e. The summed E-state index contributed by atoms with van der Waals surface area (Å²) < 4.78 is 104. The van der Waals surface area contributed by atoms with Crippen molar-refractivity contribution < 1.29 is 35.1 Å². The van der Waals surface area contributed by atoms with Gasteiger partial charge >= 0.3 is 18.3 Å². The molecule has 0 aliphatic carbocycles. The molecule has 0 amide bonds. The predicted octanol–water partition coefficient (Wildman–Crippen LogP) is 3.83. The van der Waals surface area contributed by atoms with Crippen molar-refractivity contribution in [1.29, 1.82) is 0 Å². The van der Waals surface area contributed by atoms with E-state index < -0.39 is 30.5 Å². The summed E-state index contributed by atoms with van der Waals surface area (Å²) in [5.41, 5.74) is -1.25. The zero-order valence-corrected chi connectivity index (χ0v) is 14.4. The number of aliphatic imine (C=N–C) groups is 1. The highest BCUT2D eigenvalue weighted by atomic mass is 19.4. The second-order valence-electron chi connectivity index (χ2n) is 6.32. The number of nitrogens with zero attached hydrogens (tertiary/aromatic N) is 5. The van der Waals surface area contributed by atoms with E-state index in [0.29, 0.717) is 5.70 Å². The SMILES string of the molecule is CC1=CN2CC(c3cnn(CC(F)(F)C(F)(F)F)c3)=C(C(F)(F)F)N=C2N1C. The van der Waals surface area contributed by atoms with Crippen LogP contribution in [0.4, 0.5) is 35.1 Å². The Bertz CT molecular complexity index is 874. The summed E-state index contributed by atoms with van der Waals surface area (Å²) in [5, 5.41) is 3.36. The van der Waals surface area contributed by atoms with Crippen LogP contribution in [0.15, 0.2) is 35.0 Å². The Balaban J connectivity index is 1.99. The number of hydrogen-bond acceptors (Lipinski definition) is 4. The van der Waals surface area contributed by atoms with Crippen molar-refractivity contribution in [3.05, 3.63) is 35.6 Å². The van der Waals surface area contributed by atoms with Crippen molar-refractivity contribution in [2.24, 2.45) is 4.99 Å². The van der Waals surface area contributed by atoms with Crippen LogP contribution in [0.1, 0.15) is 12.5 Å². The molecule has 28 heavy (non-hydrogen) atoms. The van der Waals surface area contributed by atoms with Gasteiger partial charge in [-0.25, -0.2) is 4.99 Å². The molecule has 0 fully saturated rings. The molecule has 0 unspecified atom stereocenters. The van der Waals surface area contributed by atoms with Crippen LogP contribution in [-0.4, -0.2) is 57.4 Å². The van der Waals surface area contributed by atoms with Crippen LogP contribution < -0.4 is 0 Å². The summed E-state index contributed by atoms with van der Waals surface area (Å²) >= 11 is 0. The number of guanidine groups is 1. The lowest BCUT2D eigenvalue weighted by Gasteiger charge is -2.28. The zero-order valence-electron chi connectivity index (χ0n) is 14.4. The molecule has 1 aromatic heterocycles. The summed E-state index contributed by atoms with van der Waals surface area (Å²) in [4.78, 5) is 6.49. The number of alkyl halides is 8. The van der Waals surface area contributed by atoms with E-state index >= 15 is 0 Å². The average Bonchev–Trinajstić information content (AvgIpc) is 3.09. The van der Waals surface area contributed by atoms with E-state index in [1.807, 2.05) is 0 Å². The van der Waals surface area contributed by atoms with Crippen molar-refractivity contribution in [1.82, 2.24) is 19.6 Å². The first-order chi connectivity index (χ1) is 12.7. The van der Waals surface area contributed by atoms with Crippen molar-refractivity contribution >= 4 is 11.5 Å². The van der Waals surface area contributed by atoms with Gasteiger partial charge in [-0.15, -0.1) is 0 Å². The molecule has 0 radical (unpaired) electrons. The highest BCUT2D eigenvalue weighted by Gasteiger charge is 2.57. The number of rotatable bonds is 3. The molecule has 1 aromatic rings. The van der Waals surface area contributed by atoms with E-state index in [4.69, 9.17) is 0 Å². The van der Waals surface area contributed by atoms with E-state index in [1.54, 1.807) is 13.1 Å². The van der Waals surface area contributed by atoms with Gasteiger partial charge in [0.05, 0.1) is 12.7 Å². The topological polar surface area (TPSA) is 36.7 Å². The van der Waals surface area contributed by atoms with Gasteiger partial charge in [-0.1, -0.05) is 0 Å². The molecule has 0 aromatic carbocycles. The van der Waals surface area contributed by atoms with Crippen LogP contribution in [-0.2, 0) is 6.54 Å². The fraction of sp³-hybridized carbons (Fsp3) is 0.467. The normalized spacial score (nSPS) is 18.5. The fourth-order valence-corrected chi connectivity index (χ4v) is 2.75. The minimum absolute atomic E-state index is 0.0320. The second kappa shape index (κ2) is 6.21. The first-order valence-corrected chi connectivity index (χ1v) is 7.76. The van der Waals surface area contributed by atoms with E-state index in [2.05, 4.69) is 10.1 Å². The molecule has 3 rings (SSSR count). The molecular weight excluding hydrogens is 402 g/mol. The maximum absolute atomic E-state index is 13.5. The van der Waals surface area contributed by atoms with Crippen molar-refractivity contribution in [2.75, 3.05) is 13.6 Å². The Morgan fingerprint density at radius 1 is 1.07 bits per heavy atom. The summed E-state index contributed by atoms with van der Waals surface area (Å²) in [5.74, 6) is -5.04. The summed E-state index contributed by atoms with van der Waals surface area (Å²) in [6.45, 7) is -0.479. The third-order valence-electron chi connectivity index (χ3n) is 4.28. The van der Waals surface area contributed by atoms with Crippen LogP contribution in [0, 0.1) is 0 Å². The first-order valence-electron chi connectivity index (χ1n) is 7.76. The Morgan fingerprint density at radius 2 is 1.71 bits per heavy atom. The molecule has 13 heteroatoms. The van der Waals surface area contributed by atoms with Gasteiger partial charge in [0, 0.05) is 36.3 Å². The molecule has 0 saturated heterocycles. The van der Waals surface area contributed by atoms with Crippen molar-refractivity contribution in [3.63, 3.8) is 0 Å². The van der Waals surface area contributed by atoms with E-state index in [-0.39, 0.29) is 28.3 Å². The van der Waals surface area contributed by atoms with Crippen LogP contribution in [0.2, 0.25) is 0 Å². The lowest BCUT2D eigenvalue weighted by molar-refractivity contribution is -0.287. The highest BCUT2D eigenvalue weighted by Crippen LogP contribution is 2.39. The van der Waals surface area contributed by atoms with Gasteiger partial charge in [0.15, 0.2) is 5.70 Å². The maximum Gasteiger partial charge on any atom is 0.455 e. The lowest BCUT2D eigenvalue weighted by atomic mass is 10.1. The van der Waals surface area contributed by atoms with Crippen LogP contribution in [0.3, 0.4) is 0 Å². The van der Waals surface area contributed by atoms with Gasteiger partial charge in [0.2, 0.25) is 5.96 Å². The molecular formula is C15H13F8N5. The monoisotopic (exact) mass is 415 g/mol. The predicted molar refractivity (Wildman–Crippen MR) is 81.9 cm³/mol. The van der Waals surface area contributed by atoms with E-state index in [0.717, 1.165) is 12.4 Å². The van der Waals surface area contributed by atoms with E-state index in [9.17, 15) is 35.1 Å². The van der Waals surface area contributed by atoms with Crippen molar-refractivity contribution in [2.45, 2.75) is 31.7 Å². The molecule has 0 saturated carbocycles. The Kier molecular flexibility index (Phi) is 4.46.